The number of ether oxygens (including phenoxy) is 2. The third-order valence-corrected chi connectivity index (χ3v) is 5.75. The molecule has 1 amide bonds. The van der Waals surface area contributed by atoms with Gasteiger partial charge in [-0.15, -0.1) is 0 Å². The molecule has 9 heteroatoms. The average Bonchev–Trinajstić information content (AvgIpc) is 2.62. The van der Waals surface area contributed by atoms with Gasteiger partial charge < -0.3 is 19.7 Å². The predicted octanol–water partition coefficient (Wildman–Crippen LogP) is 6.16. The molecule has 0 bridgehead atoms. The number of rotatable bonds is 4. The number of hydrogen-bond acceptors (Lipinski definition) is 4. The molecular formula is C22H29F3N2O3S. The fourth-order valence-electron chi connectivity index (χ4n) is 3.95. The fraction of sp³-hybridized carbons (Fsp3) is 0.636. The molecule has 172 valence electrons. The topological polar surface area (TPSA) is 50.8 Å². The van der Waals surface area contributed by atoms with Crippen molar-refractivity contribution in [3.05, 3.63) is 23.3 Å². The van der Waals surface area contributed by atoms with E-state index in [9.17, 15) is 18.0 Å². The monoisotopic (exact) mass is 458 g/mol. The van der Waals surface area contributed by atoms with E-state index in [0.29, 0.717) is 22.8 Å². The molecule has 0 saturated carbocycles. The third-order valence-electron chi connectivity index (χ3n) is 5.32. The van der Waals surface area contributed by atoms with Gasteiger partial charge in [0, 0.05) is 13.0 Å². The molecule has 2 atom stereocenters. The molecule has 5 nitrogen and oxygen atoms in total. The molecule has 0 aromatic heterocycles. The zero-order valence-corrected chi connectivity index (χ0v) is 19.1. The minimum Gasteiger partial charge on any atom is -0.481 e. The van der Waals surface area contributed by atoms with Gasteiger partial charge in [0.1, 0.15) is 22.4 Å². The van der Waals surface area contributed by atoms with E-state index in [1.807, 2.05) is 19.1 Å². The van der Waals surface area contributed by atoms with E-state index in [1.165, 1.54) is 4.90 Å². The second kappa shape index (κ2) is 8.84. The van der Waals surface area contributed by atoms with Crippen LogP contribution >= 0.6 is 12.2 Å². The Kier molecular flexibility index (Phi) is 6.74. The molecule has 0 fully saturated rings. The Hall–Kier alpha value is -2.03. The van der Waals surface area contributed by atoms with Crippen molar-refractivity contribution in [3.63, 3.8) is 0 Å². The summed E-state index contributed by atoms with van der Waals surface area (Å²) < 4.78 is 49.7. The molecule has 1 heterocycles. The van der Waals surface area contributed by atoms with Crippen molar-refractivity contribution >= 4 is 29.0 Å². The van der Waals surface area contributed by atoms with Crippen molar-refractivity contribution in [2.24, 2.45) is 0 Å². The van der Waals surface area contributed by atoms with Crippen molar-refractivity contribution in [2.45, 2.75) is 83.7 Å². The summed E-state index contributed by atoms with van der Waals surface area (Å²) in [5.41, 5.74) is 1.90. The maximum atomic E-state index is 13.0. The van der Waals surface area contributed by atoms with Gasteiger partial charge in [-0.1, -0.05) is 12.2 Å². The minimum absolute atomic E-state index is 0.0327. The lowest BCUT2D eigenvalue weighted by atomic mass is 9.86. The highest BCUT2D eigenvalue weighted by Gasteiger charge is 2.35. The molecule has 0 spiro atoms. The van der Waals surface area contributed by atoms with E-state index in [1.54, 1.807) is 20.8 Å². The van der Waals surface area contributed by atoms with Crippen molar-refractivity contribution in [3.8, 4) is 5.75 Å². The molecular weight excluding hydrogens is 429 g/mol. The number of benzene rings is 1. The standard InChI is InChI=1S/C22H29F3N2O3S/c1-13-19(31)26-16-12-15-14(11-18(16)29-13)7-5-8-17(15)27(10-6-9-22(23,24)25)20(28)30-21(2,3)4/h11-13,17H,5-10H2,1-4H3,(H,26,31)/t13-,17+/m0/s1. The van der Waals surface area contributed by atoms with Crippen molar-refractivity contribution in [1.82, 2.24) is 4.90 Å². The highest BCUT2D eigenvalue weighted by molar-refractivity contribution is 7.80. The van der Waals surface area contributed by atoms with Gasteiger partial charge in [0.25, 0.3) is 0 Å². The van der Waals surface area contributed by atoms with Gasteiger partial charge in [0.05, 0.1) is 11.7 Å². The van der Waals surface area contributed by atoms with Gasteiger partial charge >= 0.3 is 12.3 Å². The number of amides is 1. The van der Waals surface area contributed by atoms with E-state index in [2.05, 4.69) is 5.32 Å². The second-order valence-electron chi connectivity index (χ2n) is 9.10. The van der Waals surface area contributed by atoms with Crippen LogP contribution in [0, 0.1) is 0 Å². The molecule has 1 aromatic rings. The Balaban J connectivity index is 1.91. The number of thiocarbonyl (C=S) groups is 1. The maximum absolute atomic E-state index is 13.0. The van der Waals surface area contributed by atoms with Gasteiger partial charge in [-0.05, 0) is 76.6 Å². The van der Waals surface area contributed by atoms with Crippen LogP contribution in [-0.2, 0) is 11.2 Å². The van der Waals surface area contributed by atoms with Crippen molar-refractivity contribution in [1.29, 1.82) is 0 Å². The normalized spacial score (nSPS) is 20.8. The lowest BCUT2D eigenvalue weighted by Gasteiger charge is -2.38. The van der Waals surface area contributed by atoms with E-state index in [4.69, 9.17) is 21.7 Å². The number of halogens is 3. The third kappa shape index (κ3) is 6.02. The molecule has 1 aromatic carbocycles. The van der Waals surface area contributed by atoms with Gasteiger partial charge in [0.2, 0.25) is 0 Å². The molecule has 2 aliphatic rings. The first-order valence-electron chi connectivity index (χ1n) is 10.5. The second-order valence-corrected chi connectivity index (χ2v) is 9.54. The highest BCUT2D eigenvalue weighted by Crippen LogP contribution is 2.42. The number of alkyl halides is 3. The van der Waals surface area contributed by atoms with Crippen molar-refractivity contribution in [2.75, 3.05) is 11.9 Å². The van der Waals surface area contributed by atoms with Crippen LogP contribution in [0.5, 0.6) is 5.75 Å². The molecule has 0 saturated heterocycles. The molecule has 1 N–H and O–H groups in total. The van der Waals surface area contributed by atoms with Gasteiger partial charge in [-0.2, -0.15) is 13.2 Å². The molecule has 0 radical (unpaired) electrons. The summed E-state index contributed by atoms with van der Waals surface area (Å²) >= 11 is 5.31. The summed E-state index contributed by atoms with van der Waals surface area (Å²) in [6, 6.07) is 3.49. The number of carbonyl (C=O) groups excluding carboxylic acids is 1. The molecule has 1 aliphatic carbocycles. The van der Waals surface area contributed by atoms with Crippen LogP contribution in [0.3, 0.4) is 0 Å². The first-order chi connectivity index (χ1) is 14.3. The van der Waals surface area contributed by atoms with Crippen molar-refractivity contribution < 1.29 is 27.4 Å². The molecule has 31 heavy (non-hydrogen) atoms. The van der Waals surface area contributed by atoms with Crippen LogP contribution in [0.4, 0.5) is 23.7 Å². The fourth-order valence-corrected chi connectivity index (χ4v) is 4.11. The summed E-state index contributed by atoms with van der Waals surface area (Å²) in [4.78, 5) is 15.0. The number of hydrogen-bond donors (Lipinski definition) is 1. The number of fused-ring (bicyclic) bond motifs is 2. The number of nitrogens with one attached hydrogen (secondary N) is 1. The summed E-state index contributed by atoms with van der Waals surface area (Å²) in [5.74, 6) is 0.696. The summed E-state index contributed by atoms with van der Waals surface area (Å²) in [5, 5.41) is 3.17. The highest BCUT2D eigenvalue weighted by atomic mass is 32.1. The zero-order valence-electron chi connectivity index (χ0n) is 18.3. The summed E-state index contributed by atoms with van der Waals surface area (Å²) in [6.07, 6.45) is -3.95. The maximum Gasteiger partial charge on any atom is 0.410 e. The van der Waals surface area contributed by atoms with Crippen LogP contribution in [-0.4, -0.2) is 40.4 Å². The van der Waals surface area contributed by atoms with E-state index in [0.717, 1.165) is 24.0 Å². The summed E-state index contributed by atoms with van der Waals surface area (Å²) in [7, 11) is 0. The Bertz CT molecular complexity index is 852. The number of anilines is 1. The van der Waals surface area contributed by atoms with Gasteiger partial charge in [0.15, 0.2) is 0 Å². The summed E-state index contributed by atoms with van der Waals surface area (Å²) in [6.45, 7) is 7.06. The molecule has 3 rings (SSSR count). The quantitative estimate of drug-likeness (QED) is 0.548. The predicted molar refractivity (Wildman–Crippen MR) is 117 cm³/mol. The largest absolute Gasteiger partial charge is 0.481 e. The van der Waals surface area contributed by atoms with Crippen LogP contribution in [0.25, 0.3) is 0 Å². The zero-order chi connectivity index (χ0) is 23.0. The smallest absolute Gasteiger partial charge is 0.410 e. The lowest BCUT2D eigenvalue weighted by molar-refractivity contribution is -0.136. The van der Waals surface area contributed by atoms with Crippen LogP contribution in [0.2, 0.25) is 0 Å². The Morgan fingerprint density at radius 1 is 1.32 bits per heavy atom. The number of nitrogens with zero attached hydrogens (tertiary/aromatic N) is 1. The van der Waals surface area contributed by atoms with Crippen LogP contribution in [0.1, 0.15) is 70.5 Å². The molecule has 0 unspecified atom stereocenters. The Morgan fingerprint density at radius 3 is 2.68 bits per heavy atom. The average molecular weight is 459 g/mol. The van der Waals surface area contributed by atoms with E-state index < -0.39 is 24.3 Å². The van der Waals surface area contributed by atoms with E-state index >= 15 is 0 Å². The first-order valence-corrected chi connectivity index (χ1v) is 11.0. The van der Waals surface area contributed by atoms with Gasteiger partial charge in [-0.25, -0.2) is 4.79 Å². The van der Waals surface area contributed by atoms with Gasteiger partial charge in [-0.3, -0.25) is 0 Å². The first kappa shape index (κ1) is 23.6. The SMILES string of the molecule is C[C@@H]1Oc2cc3c(cc2NC1=S)[C@H](N(CCCC(F)(F)F)C(=O)OC(C)(C)C)CCC3. The lowest BCUT2D eigenvalue weighted by Crippen LogP contribution is -2.41. The van der Waals surface area contributed by atoms with Crippen LogP contribution in [0.15, 0.2) is 12.1 Å². The molecule has 1 aliphatic heterocycles. The van der Waals surface area contributed by atoms with Crippen LogP contribution < -0.4 is 10.1 Å². The number of carbonyl (C=O) groups is 1. The minimum atomic E-state index is -4.27. The Labute approximate surface area is 186 Å². The number of aryl methyl sites for hydroxylation is 1. The van der Waals surface area contributed by atoms with E-state index in [-0.39, 0.29) is 25.1 Å². The Morgan fingerprint density at radius 2 is 2.03 bits per heavy atom.